The highest BCUT2D eigenvalue weighted by atomic mass is 16.5. The number of aromatic amines is 1. The minimum absolute atomic E-state index is 0.634. The predicted octanol–water partition coefficient (Wildman–Crippen LogP) is 0.793. The first-order valence-electron chi connectivity index (χ1n) is 4.65. The second-order valence-electron chi connectivity index (χ2n) is 2.95. The second kappa shape index (κ2) is 6.39. The molecule has 0 amide bonds. The minimum Gasteiger partial charge on any atom is -0.382 e. The number of aryl methyl sites for hydroxylation is 1. The molecule has 14 heavy (non-hydrogen) atoms. The van der Waals surface area contributed by atoms with Gasteiger partial charge in [0.2, 0.25) is 0 Å². The van der Waals surface area contributed by atoms with E-state index >= 15 is 0 Å². The van der Waals surface area contributed by atoms with Gasteiger partial charge in [-0.05, 0) is 6.92 Å². The lowest BCUT2D eigenvalue weighted by molar-refractivity contribution is 0.0759. The van der Waals surface area contributed by atoms with Crippen LogP contribution in [0.25, 0.3) is 0 Å². The van der Waals surface area contributed by atoms with Crippen LogP contribution in [-0.2, 0) is 9.47 Å². The zero-order valence-electron chi connectivity index (χ0n) is 8.67. The Hall–Kier alpha value is -1.07. The average molecular weight is 199 g/mol. The van der Waals surface area contributed by atoms with E-state index in [-0.39, 0.29) is 0 Å². The third-order valence-corrected chi connectivity index (χ3v) is 1.67. The van der Waals surface area contributed by atoms with E-state index in [9.17, 15) is 0 Å². The van der Waals surface area contributed by atoms with Gasteiger partial charge in [-0.2, -0.15) is 0 Å². The van der Waals surface area contributed by atoms with Gasteiger partial charge >= 0.3 is 0 Å². The monoisotopic (exact) mass is 199 g/mol. The largest absolute Gasteiger partial charge is 0.382 e. The van der Waals surface area contributed by atoms with Gasteiger partial charge in [0.15, 0.2) is 5.95 Å². The lowest BCUT2D eigenvalue weighted by Crippen LogP contribution is -2.12. The summed E-state index contributed by atoms with van der Waals surface area (Å²) in [5.74, 6) is 0.790. The predicted molar refractivity (Wildman–Crippen MR) is 54.5 cm³/mol. The molecule has 1 aromatic heterocycles. The SMILES string of the molecule is COCCOCCNc1ncc(C)[nH]1. The molecule has 0 bridgehead atoms. The van der Waals surface area contributed by atoms with Crippen LogP contribution < -0.4 is 5.32 Å². The Morgan fingerprint density at radius 2 is 2.29 bits per heavy atom. The molecule has 1 heterocycles. The van der Waals surface area contributed by atoms with Gasteiger partial charge in [0.05, 0.1) is 19.8 Å². The molecule has 0 radical (unpaired) electrons. The van der Waals surface area contributed by atoms with Gasteiger partial charge in [-0.3, -0.25) is 0 Å². The average Bonchev–Trinajstić information content (AvgIpc) is 2.58. The number of ether oxygens (including phenoxy) is 2. The maximum atomic E-state index is 5.27. The van der Waals surface area contributed by atoms with Crippen molar-refractivity contribution in [3.05, 3.63) is 11.9 Å². The highest BCUT2D eigenvalue weighted by molar-refractivity contribution is 5.25. The molecule has 5 heteroatoms. The maximum Gasteiger partial charge on any atom is 0.200 e. The number of nitrogens with zero attached hydrogens (tertiary/aromatic N) is 1. The molecule has 5 nitrogen and oxygen atoms in total. The van der Waals surface area contributed by atoms with E-state index in [4.69, 9.17) is 9.47 Å². The Balaban J connectivity index is 1.99. The standard InChI is InChI=1S/C9H17N3O2/c1-8-7-11-9(12-8)10-3-4-14-6-5-13-2/h7H,3-6H2,1-2H3,(H2,10,11,12). The summed E-state index contributed by atoms with van der Waals surface area (Å²) in [4.78, 5) is 7.18. The van der Waals surface area contributed by atoms with Crippen molar-refractivity contribution >= 4 is 5.95 Å². The van der Waals surface area contributed by atoms with E-state index in [1.165, 1.54) is 0 Å². The lowest BCUT2D eigenvalue weighted by atomic mass is 10.6. The van der Waals surface area contributed by atoms with Crippen LogP contribution in [-0.4, -0.2) is 43.4 Å². The number of hydrogen-bond donors (Lipinski definition) is 2. The Kier molecular flexibility index (Phi) is 5.03. The lowest BCUT2D eigenvalue weighted by Gasteiger charge is -2.04. The fourth-order valence-corrected chi connectivity index (χ4v) is 0.988. The quantitative estimate of drug-likeness (QED) is 0.637. The first-order valence-corrected chi connectivity index (χ1v) is 4.65. The van der Waals surface area contributed by atoms with Crippen molar-refractivity contribution in [3.63, 3.8) is 0 Å². The van der Waals surface area contributed by atoms with Crippen molar-refractivity contribution < 1.29 is 9.47 Å². The van der Waals surface area contributed by atoms with E-state index in [1.54, 1.807) is 13.3 Å². The highest BCUT2D eigenvalue weighted by Gasteiger charge is 1.94. The molecule has 0 aliphatic carbocycles. The zero-order chi connectivity index (χ0) is 10.2. The third-order valence-electron chi connectivity index (χ3n) is 1.67. The molecule has 0 saturated heterocycles. The van der Waals surface area contributed by atoms with E-state index in [1.807, 2.05) is 6.92 Å². The van der Waals surface area contributed by atoms with Gasteiger partial charge in [0, 0.05) is 25.5 Å². The van der Waals surface area contributed by atoms with E-state index in [2.05, 4.69) is 15.3 Å². The Morgan fingerprint density at radius 1 is 1.43 bits per heavy atom. The van der Waals surface area contributed by atoms with E-state index in [0.717, 1.165) is 18.2 Å². The van der Waals surface area contributed by atoms with Gasteiger partial charge in [-0.1, -0.05) is 0 Å². The number of hydrogen-bond acceptors (Lipinski definition) is 4. The fraction of sp³-hybridized carbons (Fsp3) is 0.667. The summed E-state index contributed by atoms with van der Waals surface area (Å²) in [7, 11) is 1.66. The molecule has 0 saturated carbocycles. The van der Waals surface area contributed by atoms with Crippen LogP contribution in [0.2, 0.25) is 0 Å². The van der Waals surface area contributed by atoms with Gasteiger partial charge in [0.1, 0.15) is 0 Å². The number of nitrogens with one attached hydrogen (secondary N) is 2. The van der Waals surface area contributed by atoms with Crippen LogP contribution in [0, 0.1) is 6.92 Å². The number of rotatable bonds is 7. The van der Waals surface area contributed by atoms with Crippen molar-refractivity contribution in [2.45, 2.75) is 6.92 Å². The second-order valence-corrected chi connectivity index (χ2v) is 2.95. The number of imidazole rings is 1. The summed E-state index contributed by atoms with van der Waals surface area (Å²) >= 11 is 0. The van der Waals surface area contributed by atoms with Gasteiger partial charge in [0.25, 0.3) is 0 Å². The normalized spacial score (nSPS) is 10.4. The Labute approximate surface area is 83.8 Å². The summed E-state index contributed by atoms with van der Waals surface area (Å²) in [6.07, 6.45) is 1.79. The first-order chi connectivity index (χ1) is 6.83. The molecular formula is C9H17N3O2. The van der Waals surface area contributed by atoms with Gasteiger partial charge < -0.3 is 19.8 Å². The smallest absolute Gasteiger partial charge is 0.200 e. The first kappa shape index (κ1) is 11.0. The number of H-pyrrole nitrogens is 1. The summed E-state index contributed by atoms with van der Waals surface area (Å²) in [5, 5.41) is 3.11. The molecule has 1 aromatic rings. The van der Waals surface area contributed by atoms with Crippen LogP contribution in [0.3, 0.4) is 0 Å². The Morgan fingerprint density at radius 3 is 2.93 bits per heavy atom. The van der Waals surface area contributed by atoms with Crippen molar-refractivity contribution in [1.82, 2.24) is 9.97 Å². The van der Waals surface area contributed by atoms with Crippen molar-refractivity contribution in [2.75, 3.05) is 38.8 Å². The van der Waals surface area contributed by atoms with E-state index < -0.39 is 0 Å². The van der Waals surface area contributed by atoms with Crippen molar-refractivity contribution in [3.8, 4) is 0 Å². The molecule has 0 aromatic carbocycles. The molecule has 0 unspecified atom stereocenters. The fourth-order valence-electron chi connectivity index (χ4n) is 0.988. The van der Waals surface area contributed by atoms with Gasteiger partial charge in [-0.15, -0.1) is 0 Å². The van der Waals surface area contributed by atoms with Crippen LogP contribution in [0.5, 0.6) is 0 Å². The van der Waals surface area contributed by atoms with E-state index in [0.29, 0.717) is 19.8 Å². The van der Waals surface area contributed by atoms with Gasteiger partial charge in [-0.25, -0.2) is 4.98 Å². The maximum absolute atomic E-state index is 5.27. The van der Waals surface area contributed by atoms with Crippen LogP contribution >= 0.6 is 0 Å². The molecular weight excluding hydrogens is 182 g/mol. The molecule has 80 valence electrons. The molecule has 0 fully saturated rings. The molecule has 2 N–H and O–H groups in total. The topological polar surface area (TPSA) is 59.2 Å². The van der Waals surface area contributed by atoms with Crippen molar-refractivity contribution in [1.29, 1.82) is 0 Å². The number of anilines is 1. The van der Waals surface area contributed by atoms with Crippen molar-refractivity contribution in [2.24, 2.45) is 0 Å². The number of aromatic nitrogens is 2. The number of methoxy groups -OCH3 is 1. The third kappa shape index (κ3) is 4.25. The summed E-state index contributed by atoms with van der Waals surface area (Å²) in [6.45, 7) is 4.64. The zero-order valence-corrected chi connectivity index (χ0v) is 8.67. The summed E-state index contributed by atoms with van der Waals surface area (Å²) in [6, 6.07) is 0. The molecule has 0 aliphatic heterocycles. The molecule has 0 atom stereocenters. The molecule has 0 aliphatic rings. The minimum atomic E-state index is 0.634. The summed E-state index contributed by atoms with van der Waals surface area (Å²) < 4.78 is 10.1. The van der Waals surface area contributed by atoms with Crippen LogP contribution in [0.4, 0.5) is 5.95 Å². The van der Waals surface area contributed by atoms with Crippen LogP contribution in [0.15, 0.2) is 6.20 Å². The molecule has 0 spiro atoms. The highest BCUT2D eigenvalue weighted by Crippen LogP contribution is 1.98. The van der Waals surface area contributed by atoms with Crippen LogP contribution in [0.1, 0.15) is 5.69 Å². The summed E-state index contributed by atoms with van der Waals surface area (Å²) in [5.41, 5.74) is 1.05. The molecule has 1 rings (SSSR count). The Bertz CT molecular complexity index is 250.